The molecule has 0 aliphatic carbocycles. The van der Waals surface area contributed by atoms with Gasteiger partial charge in [-0.1, -0.05) is 31.9 Å². The molecule has 1 rings (SSSR count). The third-order valence-electron chi connectivity index (χ3n) is 2.78. The van der Waals surface area contributed by atoms with E-state index in [1.165, 1.54) is 6.20 Å². The summed E-state index contributed by atoms with van der Waals surface area (Å²) in [5.41, 5.74) is 0.369. The predicted molar refractivity (Wildman–Crippen MR) is 70.2 cm³/mol. The average molecular weight is 255 g/mol. The van der Waals surface area contributed by atoms with Crippen LogP contribution in [0, 0.1) is 5.92 Å². The lowest BCUT2D eigenvalue weighted by Gasteiger charge is -2.17. The number of carbonyl (C=O) groups is 1. The van der Waals surface area contributed by atoms with Crippen LogP contribution in [0.15, 0.2) is 18.3 Å². The van der Waals surface area contributed by atoms with Gasteiger partial charge in [-0.2, -0.15) is 0 Å². The predicted octanol–water partition coefficient (Wildman–Crippen LogP) is 3.29. The molecule has 94 valence electrons. The van der Waals surface area contributed by atoms with Gasteiger partial charge < -0.3 is 5.32 Å². The molecular formula is C13H19ClN2O. The Balaban J connectivity index is 2.54. The lowest BCUT2D eigenvalue weighted by molar-refractivity contribution is 0.0930. The minimum atomic E-state index is -0.164. The first-order valence-electron chi connectivity index (χ1n) is 5.95. The fraction of sp³-hybridized carbons (Fsp3) is 0.538. The van der Waals surface area contributed by atoms with Crippen molar-refractivity contribution in [3.8, 4) is 0 Å². The molecule has 1 amide bonds. The molecule has 0 fully saturated rings. The van der Waals surface area contributed by atoms with E-state index < -0.39 is 0 Å². The zero-order chi connectivity index (χ0) is 12.8. The number of aromatic nitrogens is 1. The van der Waals surface area contributed by atoms with Crippen molar-refractivity contribution in [3.63, 3.8) is 0 Å². The summed E-state index contributed by atoms with van der Waals surface area (Å²) in [6.07, 6.45) is 3.63. The molecule has 1 aromatic heterocycles. The zero-order valence-corrected chi connectivity index (χ0v) is 11.3. The summed E-state index contributed by atoms with van der Waals surface area (Å²) in [4.78, 5) is 15.8. The molecule has 0 aliphatic rings. The number of hydrogen-bond acceptors (Lipinski definition) is 2. The van der Waals surface area contributed by atoms with Gasteiger partial charge in [-0.25, -0.2) is 0 Å². The largest absolute Gasteiger partial charge is 0.348 e. The second-order valence-corrected chi connectivity index (χ2v) is 4.92. The van der Waals surface area contributed by atoms with E-state index in [1.54, 1.807) is 12.1 Å². The number of nitrogens with one attached hydrogen (secondary N) is 1. The molecule has 0 radical (unpaired) electrons. The highest BCUT2D eigenvalue weighted by Crippen LogP contribution is 2.11. The van der Waals surface area contributed by atoms with Gasteiger partial charge in [0.25, 0.3) is 5.91 Å². The van der Waals surface area contributed by atoms with Gasteiger partial charge in [0, 0.05) is 17.3 Å². The van der Waals surface area contributed by atoms with E-state index in [2.05, 4.69) is 24.1 Å². The van der Waals surface area contributed by atoms with Crippen molar-refractivity contribution in [3.05, 3.63) is 29.0 Å². The van der Waals surface area contributed by atoms with E-state index in [4.69, 9.17) is 11.6 Å². The minimum absolute atomic E-state index is 0.151. The second-order valence-electron chi connectivity index (χ2n) is 4.48. The Morgan fingerprint density at radius 2 is 2.24 bits per heavy atom. The smallest absolute Gasteiger partial charge is 0.270 e. The van der Waals surface area contributed by atoms with E-state index in [0.717, 1.165) is 12.8 Å². The topological polar surface area (TPSA) is 42.0 Å². The van der Waals surface area contributed by atoms with Crippen LogP contribution < -0.4 is 5.32 Å². The number of carbonyl (C=O) groups excluding carboxylic acids is 1. The number of hydrogen-bond donors (Lipinski definition) is 1. The van der Waals surface area contributed by atoms with Crippen LogP contribution >= 0.6 is 11.6 Å². The first-order valence-corrected chi connectivity index (χ1v) is 6.33. The average Bonchev–Trinajstić information content (AvgIpc) is 2.28. The monoisotopic (exact) mass is 254 g/mol. The Morgan fingerprint density at radius 1 is 1.53 bits per heavy atom. The summed E-state index contributed by atoms with van der Waals surface area (Å²) in [5.74, 6) is 0.445. The number of nitrogens with zero attached hydrogens (tertiary/aromatic N) is 1. The molecule has 0 bridgehead atoms. The highest BCUT2D eigenvalue weighted by molar-refractivity contribution is 6.30. The third-order valence-corrected chi connectivity index (χ3v) is 3.02. The van der Waals surface area contributed by atoms with Crippen molar-refractivity contribution in [2.75, 3.05) is 0 Å². The maximum absolute atomic E-state index is 11.8. The van der Waals surface area contributed by atoms with Gasteiger partial charge >= 0.3 is 0 Å². The molecule has 0 aliphatic heterocycles. The fourth-order valence-corrected chi connectivity index (χ4v) is 1.82. The summed E-state index contributed by atoms with van der Waals surface area (Å²) in [6.45, 7) is 6.34. The zero-order valence-electron chi connectivity index (χ0n) is 10.5. The van der Waals surface area contributed by atoms with E-state index in [1.807, 2.05) is 6.92 Å². The second kappa shape index (κ2) is 6.60. The third kappa shape index (κ3) is 4.73. The molecule has 0 saturated carbocycles. The van der Waals surface area contributed by atoms with E-state index in [-0.39, 0.29) is 11.9 Å². The van der Waals surface area contributed by atoms with Gasteiger partial charge in [-0.3, -0.25) is 9.78 Å². The molecular weight excluding hydrogens is 236 g/mol. The van der Waals surface area contributed by atoms with Crippen molar-refractivity contribution in [2.24, 2.45) is 5.92 Å². The van der Waals surface area contributed by atoms with Gasteiger partial charge in [0.2, 0.25) is 0 Å². The van der Waals surface area contributed by atoms with Gasteiger partial charge in [-0.05, 0) is 31.4 Å². The lowest BCUT2D eigenvalue weighted by atomic mass is 10.0. The molecule has 1 N–H and O–H groups in total. The summed E-state index contributed by atoms with van der Waals surface area (Å²) >= 11 is 5.81. The first kappa shape index (κ1) is 14.0. The van der Waals surface area contributed by atoms with Crippen LogP contribution in [0.4, 0.5) is 0 Å². The maximum Gasteiger partial charge on any atom is 0.270 e. The highest BCUT2D eigenvalue weighted by Gasteiger charge is 2.13. The van der Waals surface area contributed by atoms with Crippen LogP contribution in [-0.4, -0.2) is 16.9 Å². The normalized spacial score (nSPS) is 14.1. The summed E-state index contributed by atoms with van der Waals surface area (Å²) in [7, 11) is 0. The molecule has 3 nitrogen and oxygen atoms in total. The van der Waals surface area contributed by atoms with Crippen molar-refractivity contribution in [1.29, 1.82) is 0 Å². The SMILES string of the molecule is CCC(C)CC(C)NC(=O)c1cc(Cl)ccn1. The fourth-order valence-electron chi connectivity index (χ4n) is 1.66. The van der Waals surface area contributed by atoms with Crippen molar-refractivity contribution < 1.29 is 4.79 Å². The van der Waals surface area contributed by atoms with Crippen molar-refractivity contribution in [1.82, 2.24) is 10.3 Å². The summed E-state index contributed by atoms with van der Waals surface area (Å²) in [5, 5.41) is 3.46. The number of rotatable bonds is 5. The molecule has 17 heavy (non-hydrogen) atoms. The molecule has 1 aromatic rings. The Labute approximate surface area is 108 Å². The molecule has 0 saturated heterocycles. The van der Waals surface area contributed by atoms with Gasteiger partial charge in [0.05, 0.1) is 0 Å². The standard InChI is InChI=1S/C13H19ClN2O/c1-4-9(2)7-10(3)16-13(17)12-8-11(14)5-6-15-12/h5-6,8-10H,4,7H2,1-3H3,(H,16,17). The number of amides is 1. The molecule has 0 aromatic carbocycles. The molecule has 4 heteroatoms. The van der Waals surface area contributed by atoms with Gasteiger partial charge in [0.15, 0.2) is 0 Å². The maximum atomic E-state index is 11.8. The van der Waals surface area contributed by atoms with Crippen LogP contribution in [0.5, 0.6) is 0 Å². The van der Waals surface area contributed by atoms with E-state index >= 15 is 0 Å². The molecule has 0 spiro atoms. The van der Waals surface area contributed by atoms with Crippen LogP contribution in [0.1, 0.15) is 44.1 Å². The van der Waals surface area contributed by atoms with Gasteiger partial charge in [0.1, 0.15) is 5.69 Å². The van der Waals surface area contributed by atoms with Crippen molar-refractivity contribution in [2.45, 2.75) is 39.7 Å². The van der Waals surface area contributed by atoms with Crippen LogP contribution in [0.3, 0.4) is 0 Å². The summed E-state index contributed by atoms with van der Waals surface area (Å²) in [6, 6.07) is 3.38. The van der Waals surface area contributed by atoms with Crippen LogP contribution in [0.25, 0.3) is 0 Å². The Kier molecular flexibility index (Phi) is 5.42. The first-order chi connectivity index (χ1) is 8.02. The number of pyridine rings is 1. The summed E-state index contributed by atoms with van der Waals surface area (Å²) < 4.78 is 0. The number of halogens is 1. The molecule has 2 atom stereocenters. The Morgan fingerprint density at radius 3 is 2.82 bits per heavy atom. The van der Waals surface area contributed by atoms with Crippen LogP contribution in [0.2, 0.25) is 5.02 Å². The van der Waals surface area contributed by atoms with Crippen LogP contribution in [-0.2, 0) is 0 Å². The quantitative estimate of drug-likeness (QED) is 0.876. The van der Waals surface area contributed by atoms with E-state index in [0.29, 0.717) is 16.6 Å². The highest BCUT2D eigenvalue weighted by atomic mass is 35.5. The Bertz CT molecular complexity index is 381. The molecule has 1 heterocycles. The minimum Gasteiger partial charge on any atom is -0.348 e. The Hall–Kier alpha value is -1.09. The van der Waals surface area contributed by atoms with Crippen molar-refractivity contribution >= 4 is 17.5 Å². The lowest BCUT2D eigenvalue weighted by Crippen LogP contribution is -2.34. The molecule has 2 unspecified atom stereocenters. The van der Waals surface area contributed by atoms with E-state index in [9.17, 15) is 4.79 Å². The van der Waals surface area contributed by atoms with Gasteiger partial charge in [-0.15, -0.1) is 0 Å².